The molecule has 7 nitrogen and oxygen atoms in total. The van der Waals surface area contributed by atoms with Gasteiger partial charge in [0.1, 0.15) is 10.7 Å². The summed E-state index contributed by atoms with van der Waals surface area (Å²) in [5.41, 5.74) is 1.12. The molecule has 0 saturated heterocycles. The fraction of sp³-hybridized carbons (Fsp3) is 0.125. The minimum atomic E-state index is -4.23. The van der Waals surface area contributed by atoms with Crippen LogP contribution >= 0.6 is 0 Å². The Morgan fingerprint density at radius 2 is 1.68 bits per heavy atom. The van der Waals surface area contributed by atoms with E-state index in [-0.39, 0.29) is 17.3 Å². The van der Waals surface area contributed by atoms with Crippen molar-refractivity contribution >= 4 is 26.9 Å². The molecule has 2 aromatic carbocycles. The van der Waals surface area contributed by atoms with Gasteiger partial charge in [-0.1, -0.05) is 12.1 Å². The first-order valence-corrected chi connectivity index (χ1v) is 8.59. The van der Waals surface area contributed by atoms with Crippen LogP contribution in [-0.2, 0) is 10.0 Å². The summed E-state index contributed by atoms with van der Waals surface area (Å²) in [5, 5.41) is 0. The van der Waals surface area contributed by atoms with E-state index in [0.29, 0.717) is 11.0 Å². The largest absolute Gasteiger partial charge is 0.493 e. The van der Waals surface area contributed by atoms with Gasteiger partial charge in [0.15, 0.2) is 17.3 Å². The maximum Gasteiger partial charge on any atom is 0.266 e. The fourth-order valence-corrected chi connectivity index (χ4v) is 3.30. The van der Waals surface area contributed by atoms with Crippen molar-refractivity contribution in [1.82, 2.24) is 9.97 Å². The third-order valence-corrected chi connectivity index (χ3v) is 4.78. The van der Waals surface area contributed by atoms with E-state index < -0.39 is 20.7 Å². The minimum Gasteiger partial charge on any atom is -0.493 e. The molecular formula is C16H14FN3O4S. The Kier molecular flexibility index (Phi) is 4.41. The van der Waals surface area contributed by atoms with Crippen LogP contribution in [0.25, 0.3) is 11.0 Å². The van der Waals surface area contributed by atoms with Gasteiger partial charge in [0.05, 0.1) is 31.4 Å². The quantitative estimate of drug-likeness (QED) is 0.749. The van der Waals surface area contributed by atoms with Crippen molar-refractivity contribution in [1.29, 1.82) is 0 Å². The van der Waals surface area contributed by atoms with Crippen LogP contribution in [0.3, 0.4) is 0 Å². The van der Waals surface area contributed by atoms with Crippen LogP contribution in [0.2, 0.25) is 0 Å². The van der Waals surface area contributed by atoms with Gasteiger partial charge in [-0.25, -0.2) is 17.8 Å². The van der Waals surface area contributed by atoms with E-state index in [1.54, 1.807) is 24.3 Å². The van der Waals surface area contributed by atoms with Gasteiger partial charge in [0.2, 0.25) is 0 Å². The van der Waals surface area contributed by atoms with Crippen LogP contribution < -0.4 is 14.2 Å². The molecule has 0 fully saturated rings. The van der Waals surface area contributed by atoms with Crippen LogP contribution in [-0.4, -0.2) is 32.6 Å². The summed E-state index contributed by atoms with van der Waals surface area (Å²) < 4.78 is 51.4. The molecule has 0 aliphatic rings. The molecule has 0 unspecified atom stereocenters. The molecule has 0 amide bonds. The number of methoxy groups -OCH3 is 2. The molecule has 3 aromatic rings. The number of hydrogen-bond donors (Lipinski definition) is 1. The van der Waals surface area contributed by atoms with Crippen molar-refractivity contribution in [2.24, 2.45) is 0 Å². The molecule has 0 radical (unpaired) electrons. The summed E-state index contributed by atoms with van der Waals surface area (Å²) in [4.78, 5) is 7.69. The summed E-state index contributed by atoms with van der Waals surface area (Å²) in [6, 6.07) is 8.97. The number of nitrogens with zero attached hydrogens (tertiary/aromatic N) is 2. The Bertz CT molecular complexity index is 1040. The standard InChI is InChI=1S/C16H14FN3O4S/c1-23-13-7-10(17)15(8-14(13)24-2)25(21,22)20-16-9-18-11-5-3-4-6-12(11)19-16/h3-9H,1-2H3,(H,19,20). The highest BCUT2D eigenvalue weighted by molar-refractivity contribution is 7.92. The van der Waals surface area contributed by atoms with Gasteiger partial charge in [0, 0.05) is 12.1 Å². The maximum atomic E-state index is 14.2. The summed E-state index contributed by atoms with van der Waals surface area (Å²) in [5.74, 6) is -0.815. The van der Waals surface area contributed by atoms with E-state index >= 15 is 0 Å². The van der Waals surface area contributed by atoms with E-state index in [0.717, 1.165) is 12.1 Å². The lowest BCUT2D eigenvalue weighted by Crippen LogP contribution is -2.16. The smallest absolute Gasteiger partial charge is 0.266 e. The van der Waals surface area contributed by atoms with Crippen molar-refractivity contribution in [2.45, 2.75) is 4.90 Å². The van der Waals surface area contributed by atoms with Crippen molar-refractivity contribution in [3.8, 4) is 11.5 Å². The second kappa shape index (κ2) is 6.52. The average molecular weight is 363 g/mol. The van der Waals surface area contributed by atoms with Crippen LogP contribution in [0.4, 0.5) is 10.2 Å². The molecule has 0 saturated carbocycles. The fourth-order valence-electron chi connectivity index (χ4n) is 2.24. The number of halogens is 1. The topological polar surface area (TPSA) is 90.4 Å². The number of nitrogens with one attached hydrogen (secondary N) is 1. The zero-order chi connectivity index (χ0) is 18.0. The van der Waals surface area contributed by atoms with Gasteiger partial charge in [-0.05, 0) is 12.1 Å². The number of para-hydroxylation sites is 2. The number of benzene rings is 2. The van der Waals surface area contributed by atoms with Crippen LogP contribution in [0.5, 0.6) is 11.5 Å². The first kappa shape index (κ1) is 16.9. The molecule has 9 heteroatoms. The van der Waals surface area contributed by atoms with Gasteiger partial charge >= 0.3 is 0 Å². The van der Waals surface area contributed by atoms with Crippen molar-refractivity contribution in [2.75, 3.05) is 18.9 Å². The predicted octanol–water partition coefficient (Wildman–Crippen LogP) is 2.59. The second-order valence-electron chi connectivity index (χ2n) is 4.99. The third-order valence-electron chi connectivity index (χ3n) is 3.42. The molecule has 25 heavy (non-hydrogen) atoms. The number of ether oxygens (including phenoxy) is 2. The number of anilines is 1. The van der Waals surface area contributed by atoms with E-state index in [2.05, 4.69) is 14.7 Å². The van der Waals surface area contributed by atoms with Crippen molar-refractivity contribution in [3.05, 3.63) is 48.4 Å². The lowest BCUT2D eigenvalue weighted by Gasteiger charge is -2.12. The zero-order valence-electron chi connectivity index (χ0n) is 13.4. The molecule has 1 heterocycles. The molecule has 0 atom stereocenters. The summed E-state index contributed by atoms with van der Waals surface area (Å²) >= 11 is 0. The number of hydrogen-bond acceptors (Lipinski definition) is 6. The second-order valence-corrected chi connectivity index (χ2v) is 6.64. The van der Waals surface area contributed by atoms with Crippen LogP contribution in [0.15, 0.2) is 47.5 Å². The SMILES string of the molecule is COc1cc(F)c(S(=O)(=O)Nc2cnc3ccccc3n2)cc1OC. The Hall–Kier alpha value is -2.94. The lowest BCUT2D eigenvalue weighted by atomic mass is 10.3. The first-order valence-electron chi connectivity index (χ1n) is 7.11. The molecule has 0 bridgehead atoms. The summed E-state index contributed by atoms with van der Waals surface area (Å²) in [6.07, 6.45) is 1.26. The number of rotatable bonds is 5. The highest BCUT2D eigenvalue weighted by atomic mass is 32.2. The molecule has 130 valence electrons. The maximum absolute atomic E-state index is 14.2. The Morgan fingerprint density at radius 1 is 1.04 bits per heavy atom. The van der Waals surface area contributed by atoms with Crippen LogP contribution in [0.1, 0.15) is 0 Å². The highest BCUT2D eigenvalue weighted by Gasteiger charge is 2.23. The molecular weight excluding hydrogens is 349 g/mol. The van der Waals surface area contributed by atoms with Gasteiger partial charge in [-0.2, -0.15) is 0 Å². The average Bonchev–Trinajstić information content (AvgIpc) is 2.60. The molecule has 3 rings (SSSR count). The monoisotopic (exact) mass is 363 g/mol. The predicted molar refractivity (Wildman–Crippen MR) is 89.9 cm³/mol. The summed E-state index contributed by atoms with van der Waals surface area (Å²) in [6.45, 7) is 0. The Morgan fingerprint density at radius 3 is 2.36 bits per heavy atom. The van der Waals surface area contributed by atoms with E-state index in [4.69, 9.17) is 9.47 Å². The normalized spacial score (nSPS) is 11.3. The lowest BCUT2D eigenvalue weighted by molar-refractivity contribution is 0.350. The molecule has 0 spiro atoms. The molecule has 1 aromatic heterocycles. The zero-order valence-corrected chi connectivity index (χ0v) is 14.2. The van der Waals surface area contributed by atoms with Gasteiger partial charge in [0.25, 0.3) is 10.0 Å². The molecule has 0 aliphatic heterocycles. The summed E-state index contributed by atoms with van der Waals surface area (Å²) in [7, 11) is -1.58. The Labute approximate surface area is 143 Å². The number of sulfonamides is 1. The van der Waals surface area contributed by atoms with E-state index in [9.17, 15) is 12.8 Å². The highest BCUT2D eigenvalue weighted by Crippen LogP contribution is 2.32. The number of aromatic nitrogens is 2. The number of fused-ring (bicyclic) bond motifs is 1. The molecule has 1 N–H and O–H groups in total. The van der Waals surface area contributed by atoms with E-state index in [1.807, 2.05) is 0 Å². The van der Waals surface area contributed by atoms with Gasteiger partial charge < -0.3 is 9.47 Å². The van der Waals surface area contributed by atoms with Crippen molar-refractivity contribution in [3.63, 3.8) is 0 Å². The minimum absolute atomic E-state index is 0.0205. The van der Waals surface area contributed by atoms with Crippen LogP contribution in [0, 0.1) is 5.82 Å². The van der Waals surface area contributed by atoms with E-state index in [1.165, 1.54) is 20.4 Å². The third kappa shape index (κ3) is 3.31. The Balaban J connectivity index is 2.01. The van der Waals surface area contributed by atoms with Crippen molar-refractivity contribution < 1.29 is 22.3 Å². The first-order chi connectivity index (χ1) is 11.9. The molecule has 0 aliphatic carbocycles. The van der Waals surface area contributed by atoms with Gasteiger partial charge in [-0.15, -0.1) is 0 Å². The van der Waals surface area contributed by atoms with Gasteiger partial charge in [-0.3, -0.25) is 9.71 Å².